The highest BCUT2D eigenvalue weighted by Crippen LogP contribution is 2.17. The van der Waals surface area contributed by atoms with Gasteiger partial charge in [0.2, 0.25) is 5.89 Å². The minimum Gasteiger partial charge on any atom is -0.406 e. The fourth-order valence-corrected chi connectivity index (χ4v) is 1.74. The van der Waals surface area contributed by atoms with E-state index in [9.17, 15) is 0 Å². The van der Waals surface area contributed by atoms with E-state index in [0.717, 1.165) is 6.54 Å². The van der Waals surface area contributed by atoms with Crippen molar-refractivity contribution in [1.82, 2.24) is 15.5 Å². The molecule has 1 aromatic carbocycles. The molecular weight excluding hydrogens is 240 g/mol. The molecule has 0 bridgehead atoms. The van der Waals surface area contributed by atoms with Crippen molar-refractivity contribution in [2.75, 3.05) is 18.9 Å². The lowest BCUT2D eigenvalue weighted by atomic mass is 10.0. The van der Waals surface area contributed by atoms with Gasteiger partial charge < -0.3 is 15.1 Å². The lowest BCUT2D eigenvalue weighted by Crippen LogP contribution is -2.12. The van der Waals surface area contributed by atoms with Crippen LogP contribution in [0.2, 0.25) is 0 Å². The molecule has 0 spiro atoms. The fraction of sp³-hybridized carbons (Fsp3) is 0.429. The first-order valence-corrected chi connectivity index (χ1v) is 6.50. The molecule has 19 heavy (non-hydrogen) atoms. The second-order valence-corrected chi connectivity index (χ2v) is 4.65. The number of hydrogen-bond acceptors (Lipinski definition) is 5. The van der Waals surface area contributed by atoms with E-state index in [0.29, 0.717) is 17.8 Å². The largest absolute Gasteiger partial charge is 0.406 e. The van der Waals surface area contributed by atoms with E-state index in [1.165, 1.54) is 5.56 Å². The van der Waals surface area contributed by atoms with E-state index in [1.807, 2.05) is 32.2 Å². The summed E-state index contributed by atoms with van der Waals surface area (Å²) in [4.78, 5) is 0. The van der Waals surface area contributed by atoms with Crippen LogP contribution in [0.3, 0.4) is 0 Å². The van der Waals surface area contributed by atoms with Gasteiger partial charge in [0, 0.05) is 6.54 Å². The maximum Gasteiger partial charge on any atom is 0.315 e. The van der Waals surface area contributed by atoms with Crippen molar-refractivity contribution in [2.45, 2.75) is 25.8 Å². The maximum absolute atomic E-state index is 5.53. The molecule has 2 N–H and O–H groups in total. The number of anilines is 1. The second kappa shape index (κ2) is 6.33. The Labute approximate surface area is 113 Å². The van der Waals surface area contributed by atoms with Crippen molar-refractivity contribution >= 4 is 6.01 Å². The highest BCUT2D eigenvalue weighted by Gasteiger charge is 2.12. The fourth-order valence-electron chi connectivity index (χ4n) is 1.74. The lowest BCUT2D eigenvalue weighted by molar-refractivity contribution is 0.440. The van der Waals surface area contributed by atoms with E-state index < -0.39 is 0 Å². The normalized spacial score (nSPS) is 14.1. The summed E-state index contributed by atoms with van der Waals surface area (Å²) in [6.45, 7) is 4.90. The van der Waals surface area contributed by atoms with E-state index in [1.54, 1.807) is 0 Å². The highest BCUT2D eigenvalue weighted by molar-refractivity contribution is 5.24. The molecule has 0 radical (unpaired) electrons. The molecule has 0 fully saturated rings. The first-order valence-electron chi connectivity index (χ1n) is 6.50. The summed E-state index contributed by atoms with van der Waals surface area (Å²) >= 11 is 0. The number of aromatic nitrogens is 2. The molecule has 0 saturated carbocycles. The third-order valence-corrected chi connectivity index (χ3v) is 3.17. The summed E-state index contributed by atoms with van der Waals surface area (Å²) in [7, 11) is 1.86. The number of nitrogens with zero attached hydrogens (tertiary/aromatic N) is 2. The van der Waals surface area contributed by atoms with Crippen LogP contribution in [0.25, 0.3) is 0 Å². The zero-order valence-electron chi connectivity index (χ0n) is 11.6. The summed E-state index contributed by atoms with van der Waals surface area (Å²) in [5.74, 6) is 0.982. The van der Waals surface area contributed by atoms with Gasteiger partial charge in [-0.25, -0.2) is 0 Å². The summed E-state index contributed by atoms with van der Waals surface area (Å²) in [6.07, 6.45) is 0. The quantitative estimate of drug-likeness (QED) is 0.835. The molecule has 0 aliphatic rings. The molecule has 102 valence electrons. The van der Waals surface area contributed by atoms with Gasteiger partial charge in [-0.1, -0.05) is 42.4 Å². The molecule has 0 aliphatic heterocycles. The van der Waals surface area contributed by atoms with Crippen molar-refractivity contribution in [1.29, 1.82) is 0 Å². The zero-order valence-corrected chi connectivity index (χ0v) is 11.6. The molecule has 1 aromatic heterocycles. The van der Waals surface area contributed by atoms with Gasteiger partial charge >= 0.3 is 6.01 Å². The van der Waals surface area contributed by atoms with Gasteiger partial charge in [0.05, 0.1) is 6.04 Å². The molecule has 1 heterocycles. The average molecular weight is 260 g/mol. The minimum atomic E-state index is 0.0644. The van der Waals surface area contributed by atoms with Crippen molar-refractivity contribution in [3.8, 4) is 0 Å². The first kappa shape index (κ1) is 13.5. The van der Waals surface area contributed by atoms with Crippen LogP contribution in [0.1, 0.15) is 37.3 Å². The van der Waals surface area contributed by atoms with Crippen LogP contribution in [0.15, 0.2) is 34.7 Å². The topological polar surface area (TPSA) is 63.0 Å². The molecular formula is C14H20N4O. The Bertz CT molecular complexity index is 497. The number of nitrogens with one attached hydrogen (secondary N) is 2. The number of rotatable bonds is 6. The zero-order chi connectivity index (χ0) is 13.7. The van der Waals surface area contributed by atoms with Gasteiger partial charge in [0.15, 0.2) is 0 Å². The predicted octanol–water partition coefficient (Wildman–Crippen LogP) is 2.57. The third kappa shape index (κ3) is 3.54. The Morgan fingerprint density at radius 3 is 2.58 bits per heavy atom. The molecule has 2 aromatic rings. The van der Waals surface area contributed by atoms with Gasteiger partial charge in [-0.15, -0.1) is 5.10 Å². The average Bonchev–Trinajstić information content (AvgIpc) is 2.93. The second-order valence-electron chi connectivity index (χ2n) is 4.65. The number of hydrogen-bond donors (Lipinski definition) is 2. The SMILES string of the molecule is CNC(C)c1nnc(NCC(C)c2ccccc2)o1. The maximum atomic E-state index is 5.53. The Balaban J connectivity index is 1.90. The minimum absolute atomic E-state index is 0.0644. The van der Waals surface area contributed by atoms with Gasteiger partial charge in [-0.2, -0.15) is 0 Å². The van der Waals surface area contributed by atoms with E-state index in [2.05, 4.69) is 39.9 Å². The molecule has 0 aliphatic carbocycles. The lowest BCUT2D eigenvalue weighted by Gasteiger charge is -2.11. The standard InChI is InChI=1S/C14H20N4O/c1-10(12-7-5-4-6-8-12)9-16-14-18-17-13(19-14)11(2)15-3/h4-8,10-11,15H,9H2,1-3H3,(H,16,18). The van der Waals surface area contributed by atoms with Crippen LogP contribution in [-0.2, 0) is 0 Å². The van der Waals surface area contributed by atoms with Crippen LogP contribution >= 0.6 is 0 Å². The van der Waals surface area contributed by atoms with E-state index in [-0.39, 0.29) is 6.04 Å². The van der Waals surface area contributed by atoms with Crippen LogP contribution in [0.4, 0.5) is 6.01 Å². The van der Waals surface area contributed by atoms with Gasteiger partial charge in [0.25, 0.3) is 0 Å². The smallest absolute Gasteiger partial charge is 0.315 e. The van der Waals surface area contributed by atoms with E-state index >= 15 is 0 Å². The Kier molecular flexibility index (Phi) is 4.52. The van der Waals surface area contributed by atoms with Crippen LogP contribution in [0.5, 0.6) is 0 Å². The van der Waals surface area contributed by atoms with Crippen LogP contribution in [0, 0.1) is 0 Å². The van der Waals surface area contributed by atoms with Crippen molar-refractivity contribution in [3.63, 3.8) is 0 Å². The first-order chi connectivity index (χ1) is 9.20. The summed E-state index contributed by atoms with van der Waals surface area (Å²) < 4.78 is 5.53. The number of benzene rings is 1. The van der Waals surface area contributed by atoms with Gasteiger partial charge in [0.1, 0.15) is 0 Å². The summed E-state index contributed by atoms with van der Waals surface area (Å²) in [5.41, 5.74) is 1.29. The van der Waals surface area contributed by atoms with Crippen molar-refractivity contribution in [3.05, 3.63) is 41.8 Å². The Morgan fingerprint density at radius 1 is 1.16 bits per heavy atom. The monoisotopic (exact) mass is 260 g/mol. The predicted molar refractivity (Wildman–Crippen MR) is 75.1 cm³/mol. The Hall–Kier alpha value is -1.88. The van der Waals surface area contributed by atoms with Crippen LogP contribution < -0.4 is 10.6 Å². The van der Waals surface area contributed by atoms with Crippen molar-refractivity contribution in [2.24, 2.45) is 0 Å². The van der Waals surface area contributed by atoms with Gasteiger partial charge in [-0.3, -0.25) is 0 Å². The van der Waals surface area contributed by atoms with E-state index in [4.69, 9.17) is 4.42 Å². The molecule has 0 amide bonds. The Morgan fingerprint density at radius 2 is 1.89 bits per heavy atom. The molecule has 0 saturated heterocycles. The van der Waals surface area contributed by atoms with Gasteiger partial charge in [-0.05, 0) is 25.5 Å². The highest BCUT2D eigenvalue weighted by atomic mass is 16.4. The van der Waals surface area contributed by atoms with Crippen LogP contribution in [-0.4, -0.2) is 23.8 Å². The summed E-state index contributed by atoms with van der Waals surface area (Å²) in [6, 6.07) is 10.9. The summed E-state index contributed by atoms with van der Waals surface area (Å²) in [5, 5.41) is 14.2. The molecule has 5 nitrogen and oxygen atoms in total. The molecule has 2 rings (SSSR count). The van der Waals surface area contributed by atoms with Crippen molar-refractivity contribution < 1.29 is 4.42 Å². The third-order valence-electron chi connectivity index (χ3n) is 3.17. The molecule has 2 unspecified atom stereocenters. The molecule has 5 heteroatoms. The molecule has 2 atom stereocenters.